The third kappa shape index (κ3) is 2.05. The number of sulfone groups is 1. The van der Waals surface area contributed by atoms with Gasteiger partial charge < -0.3 is 4.98 Å². The number of benzene rings is 1. The van der Waals surface area contributed by atoms with Crippen LogP contribution in [0, 0.1) is 5.82 Å². The van der Waals surface area contributed by atoms with Gasteiger partial charge in [-0.25, -0.2) is 17.6 Å². The van der Waals surface area contributed by atoms with E-state index in [-0.39, 0.29) is 28.8 Å². The fraction of sp³-hybridized carbons (Fsp3) is 0.333. The molecule has 6 nitrogen and oxygen atoms in total. The molecule has 106 valence electrons. The fourth-order valence-electron chi connectivity index (χ4n) is 2.51. The first kappa shape index (κ1) is 13.0. The van der Waals surface area contributed by atoms with Gasteiger partial charge in [-0.3, -0.25) is 9.36 Å². The van der Waals surface area contributed by atoms with E-state index < -0.39 is 32.9 Å². The van der Waals surface area contributed by atoms with Crippen LogP contribution < -0.4 is 11.2 Å². The summed E-state index contributed by atoms with van der Waals surface area (Å²) in [6.45, 7) is 0. The molecule has 8 heteroatoms. The van der Waals surface area contributed by atoms with Crippen LogP contribution in [0.5, 0.6) is 0 Å². The van der Waals surface area contributed by atoms with Gasteiger partial charge >= 0.3 is 5.69 Å². The smallest absolute Gasteiger partial charge is 0.307 e. The molecule has 2 heterocycles. The van der Waals surface area contributed by atoms with Gasteiger partial charge in [0.05, 0.1) is 28.5 Å². The molecule has 0 bridgehead atoms. The van der Waals surface area contributed by atoms with E-state index in [2.05, 4.69) is 4.98 Å². The number of H-pyrrole nitrogens is 1. The van der Waals surface area contributed by atoms with Crippen molar-refractivity contribution in [3.8, 4) is 0 Å². The summed E-state index contributed by atoms with van der Waals surface area (Å²) in [5.41, 5.74) is -1.10. The highest BCUT2D eigenvalue weighted by molar-refractivity contribution is 7.91. The normalized spacial score (nSPS) is 21.4. The first-order valence-electron chi connectivity index (χ1n) is 6.02. The Bertz CT molecular complexity index is 913. The number of halogens is 1. The number of hydrogen-bond donors (Lipinski definition) is 1. The van der Waals surface area contributed by atoms with Gasteiger partial charge in [-0.05, 0) is 24.6 Å². The Morgan fingerprint density at radius 3 is 2.70 bits per heavy atom. The van der Waals surface area contributed by atoms with Crippen molar-refractivity contribution in [2.24, 2.45) is 0 Å². The van der Waals surface area contributed by atoms with Crippen molar-refractivity contribution in [1.82, 2.24) is 9.55 Å². The summed E-state index contributed by atoms with van der Waals surface area (Å²) in [7, 11) is -3.23. The summed E-state index contributed by atoms with van der Waals surface area (Å²) in [5.74, 6) is -0.881. The van der Waals surface area contributed by atoms with Crippen LogP contribution in [0.25, 0.3) is 10.9 Å². The standard InChI is InChI=1S/C12H11FN2O4S/c13-7-1-2-10-9(5-7)11(16)15(12(17)14-10)8-3-4-20(18,19)6-8/h1-2,5,8H,3-4,6H2,(H,14,17). The topological polar surface area (TPSA) is 89.0 Å². The molecule has 1 fully saturated rings. The van der Waals surface area contributed by atoms with Crippen molar-refractivity contribution >= 4 is 20.7 Å². The Morgan fingerprint density at radius 1 is 1.30 bits per heavy atom. The maximum atomic E-state index is 13.2. The number of rotatable bonds is 1. The monoisotopic (exact) mass is 298 g/mol. The van der Waals surface area contributed by atoms with E-state index in [0.29, 0.717) is 0 Å². The lowest BCUT2D eigenvalue weighted by molar-refractivity contribution is 0.516. The van der Waals surface area contributed by atoms with Crippen LogP contribution in [0.15, 0.2) is 27.8 Å². The number of fused-ring (bicyclic) bond motifs is 1. The molecule has 20 heavy (non-hydrogen) atoms. The van der Waals surface area contributed by atoms with E-state index in [1.807, 2.05) is 0 Å². The SMILES string of the molecule is O=c1[nH]c2ccc(F)cc2c(=O)n1C1CCS(=O)(=O)C1. The summed E-state index contributed by atoms with van der Waals surface area (Å²) in [6, 6.07) is 2.79. The number of nitrogens with zero attached hydrogens (tertiary/aromatic N) is 1. The molecule has 1 aliphatic heterocycles. The number of aromatic nitrogens is 2. The molecule has 1 aromatic heterocycles. The van der Waals surface area contributed by atoms with Crippen LogP contribution in [0.1, 0.15) is 12.5 Å². The highest BCUT2D eigenvalue weighted by Gasteiger charge is 2.31. The number of nitrogens with one attached hydrogen (secondary N) is 1. The Hall–Kier alpha value is -1.96. The van der Waals surface area contributed by atoms with Gasteiger partial charge in [0.2, 0.25) is 0 Å². The molecule has 1 aromatic carbocycles. The molecule has 1 unspecified atom stereocenters. The lowest BCUT2D eigenvalue weighted by Crippen LogP contribution is -2.38. The van der Waals surface area contributed by atoms with Crippen molar-refractivity contribution in [2.45, 2.75) is 12.5 Å². The van der Waals surface area contributed by atoms with Gasteiger partial charge in [-0.1, -0.05) is 0 Å². The number of hydrogen-bond acceptors (Lipinski definition) is 4. The lowest BCUT2D eigenvalue weighted by Gasteiger charge is -2.11. The molecular formula is C12H11FN2O4S. The Kier molecular flexibility index (Phi) is 2.79. The molecule has 1 N–H and O–H groups in total. The second-order valence-electron chi connectivity index (χ2n) is 4.85. The average molecular weight is 298 g/mol. The highest BCUT2D eigenvalue weighted by Crippen LogP contribution is 2.21. The van der Waals surface area contributed by atoms with Crippen molar-refractivity contribution in [3.05, 3.63) is 44.9 Å². The van der Waals surface area contributed by atoms with E-state index in [0.717, 1.165) is 16.7 Å². The highest BCUT2D eigenvalue weighted by atomic mass is 32.2. The van der Waals surface area contributed by atoms with E-state index in [4.69, 9.17) is 0 Å². The third-order valence-corrected chi connectivity index (χ3v) is 5.22. The minimum absolute atomic E-state index is 0.0360. The van der Waals surface area contributed by atoms with Crippen LogP contribution in [-0.4, -0.2) is 29.5 Å². The van der Waals surface area contributed by atoms with E-state index in [1.54, 1.807) is 0 Å². The summed E-state index contributed by atoms with van der Waals surface area (Å²) in [4.78, 5) is 26.7. The molecule has 2 aromatic rings. The number of aromatic amines is 1. The van der Waals surface area contributed by atoms with E-state index >= 15 is 0 Å². The molecule has 0 saturated carbocycles. The summed E-state index contributed by atoms with van der Waals surface area (Å²) >= 11 is 0. The summed E-state index contributed by atoms with van der Waals surface area (Å²) < 4.78 is 37.0. The van der Waals surface area contributed by atoms with Gasteiger partial charge in [0.15, 0.2) is 9.84 Å². The average Bonchev–Trinajstić information content (AvgIpc) is 2.71. The minimum Gasteiger partial charge on any atom is -0.307 e. The van der Waals surface area contributed by atoms with Crippen LogP contribution in [0.3, 0.4) is 0 Å². The zero-order chi connectivity index (χ0) is 14.5. The Balaban J connectivity index is 2.27. The second kappa shape index (κ2) is 4.27. The summed E-state index contributed by atoms with van der Waals surface area (Å²) in [5, 5.41) is 0.0360. The second-order valence-corrected chi connectivity index (χ2v) is 7.08. The molecular weight excluding hydrogens is 287 g/mol. The van der Waals surface area contributed by atoms with Crippen molar-refractivity contribution in [3.63, 3.8) is 0 Å². The summed E-state index contributed by atoms with van der Waals surface area (Å²) in [6.07, 6.45) is 0.214. The van der Waals surface area contributed by atoms with Crippen molar-refractivity contribution in [2.75, 3.05) is 11.5 Å². The maximum absolute atomic E-state index is 13.2. The van der Waals surface area contributed by atoms with Gasteiger partial charge in [-0.2, -0.15) is 0 Å². The predicted octanol–water partition coefficient (Wildman–Crippen LogP) is 0.188. The van der Waals surface area contributed by atoms with Crippen LogP contribution in [-0.2, 0) is 9.84 Å². The van der Waals surface area contributed by atoms with Crippen molar-refractivity contribution < 1.29 is 12.8 Å². The minimum atomic E-state index is -3.23. The lowest BCUT2D eigenvalue weighted by atomic mass is 10.2. The zero-order valence-electron chi connectivity index (χ0n) is 10.3. The fourth-order valence-corrected chi connectivity index (χ4v) is 4.21. The van der Waals surface area contributed by atoms with Gasteiger partial charge in [-0.15, -0.1) is 0 Å². The first-order valence-corrected chi connectivity index (χ1v) is 7.84. The quantitative estimate of drug-likeness (QED) is 0.814. The third-order valence-electron chi connectivity index (χ3n) is 3.46. The van der Waals surface area contributed by atoms with E-state index in [1.165, 1.54) is 6.07 Å². The van der Waals surface area contributed by atoms with Crippen molar-refractivity contribution in [1.29, 1.82) is 0 Å². The van der Waals surface area contributed by atoms with Gasteiger partial charge in [0.1, 0.15) is 5.82 Å². The van der Waals surface area contributed by atoms with Gasteiger partial charge in [0, 0.05) is 0 Å². The molecule has 1 aliphatic rings. The molecule has 0 spiro atoms. The van der Waals surface area contributed by atoms with Gasteiger partial charge in [0.25, 0.3) is 5.56 Å². The zero-order valence-corrected chi connectivity index (χ0v) is 11.1. The van der Waals surface area contributed by atoms with Crippen LogP contribution >= 0.6 is 0 Å². The van der Waals surface area contributed by atoms with E-state index in [9.17, 15) is 22.4 Å². The first-order chi connectivity index (χ1) is 9.37. The molecule has 1 atom stereocenters. The molecule has 0 aliphatic carbocycles. The molecule has 1 saturated heterocycles. The predicted molar refractivity (Wildman–Crippen MR) is 71.1 cm³/mol. The van der Waals surface area contributed by atoms with Crippen LogP contribution in [0.2, 0.25) is 0 Å². The Labute approximate surface area is 112 Å². The Morgan fingerprint density at radius 2 is 2.05 bits per heavy atom. The molecule has 3 rings (SSSR count). The largest absolute Gasteiger partial charge is 0.329 e. The maximum Gasteiger partial charge on any atom is 0.329 e. The molecule has 0 radical (unpaired) electrons. The van der Waals surface area contributed by atoms with Crippen LogP contribution in [0.4, 0.5) is 4.39 Å². The molecule has 0 amide bonds.